The Balaban J connectivity index is 1.98. The number of nitrogens with zero attached hydrogens (tertiary/aromatic N) is 1. The lowest BCUT2D eigenvalue weighted by Crippen LogP contribution is -2.54. The molecule has 0 radical (unpaired) electrons. The van der Waals surface area contributed by atoms with Gasteiger partial charge in [-0.25, -0.2) is 14.1 Å². The molecule has 1 N–H and O–H groups in total. The number of carbonyl (C=O) groups excluding carboxylic acids is 3. The van der Waals surface area contributed by atoms with Gasteiger partial charge in [0, 0.05) is 0 Å². The van der Waals surface area contributed by atoms with E-state index in [1.165, 1.54) is 24.3 Å². The van der Waals surface area contributed by atoms with Crippen molar-refractivity contribution in [3.8, 4) is 23.8 Å². The molecule has 0 bridgehead atoms. The third-order valence-corrected chi connectivity index (χ3v) is 4.06. The number of carbonyl (C=O) groups is 3. The van der Waals surface area contributed by atoms with Crippen LogP contribution < -0.4 is 19.7 Å². The topological polar surface area (TPSA) is 84.9 Å². The standard InChI is InChI=1S/C22H17FN2O5/c1-3-10-30-18-9-8-14(12-19(18)29-4-2)11-17-20(26)24-22(28)25(21(17)27)16-7-5-6-15(23)13-16/h1,5-9,11-13H,4,10H2,2H3,(H,24,26,28)/b17-11+. The number of amides is 4. The van der Waals surface area contributed by atoms with Gasteiger partial charge in [-0.3, -0.25) is 14.9 Å². The van der Waals surface area contributed by atoms with Crippen LogP contribution in [0.5, 0.6) is 11.5 Å². The number of barbiturate groups is 1. The van der Waals surface area contributed by atoms with Crippen molar-refractivity contribution >= 4 is 29.6 Å². The van der Waals surface area contributed by atoms with E-state index in [2.05, 4.69) is 11.2 Å². The first-order valence-corrected chi connectivity index (χ1v) is 8.94. The van der Waals surface area contributed by atoms with Gasteiger partial charge < -0.3 is 9.47 Å². The Morgan fingerprint density at radius 1 is 1.13 bits per heavy atom. The fourth-order valence-corrected chi connectivity index (χ4v) is 2.80. The minimum Gasteiger partial charge on any atom is -0.490 e. The van der Waals surface area contributed by atoms with Crippen LogP contribution in [0.3, 0.4) is 0 Å². The summed E-state index contributed by atoms with van der Waals surface area (Å²) in [5.74, 6) is 0.785. The minimum absolute atomic E-state index is 0.00365. The Morgan fingerprint density at radius 2 is 1.93 bits per heavy atom. The zero-order valence-electron chi connectivity index (χ0n) is 16.0. The Labute approximate surface area is 172 Å². The highest BCUT2D eigenvalue weighted by Crippen LogP contribution is 2.30. The molecule has 1 heterocycles. The SMILES string of the molecule is C#CCOc1ccc(/C=C2\C(=O)NC(=O)N(c3cccc(F)c3)C2=O)cc1OCC. The minimum atomic E-state index is -0.958. The van der Waals surface area contributed by atoms with Crippen LogP contribution in [-0.2, 0) is 9.59 Å². The van der Waals surface area contributed by atoms with Gasteiger partial charge in [0.05, 0.1) is 12.3 Å². The van der Waals surface area contributed by atoms with E-state index in [9.17, 15) is 18.8 Å². The highest BCUT2D eigenvalue weighted by molar-refractivity contribution is 6.39. The number of ether oxygens (including phenoxy) is 2. The van der Waals surface area contributed by atoms with E-state index >= 15 is 0 Å². The molecule has 4 amide bonds. The second-order valence-electron chi connectivity index (χ2n) is 6.07. The molecule has 8 heteroatoms. The predicted molar refractivity (Wildman–Crippen MR) is 107 cm³/mol. The first-order valence-electron chi connectivity index (χ1n) is 8.94. The van der Waals surface area contributed by atoms with Crippen molar-refractivity contribution in [2.24, 2.45) is 0 Å². The van der Waals surface area contributed by atoms with Crippen molar-refractivity contribution in [2.75, 3.05) is 18.1 Å². The van der Waals surface area contributed by atoms with Gasteiger partial charge in [0.25, 0.3) is 11.8 Å². The lowest BCUT2D eigenvalue weighted by molar-refractivity contribution is -0.122. The highest BCUT2D eigenvalue weighted by atomic mass is 19.1. The molecular formula is C22H17FN2O5. The van der Waals surface area contributed by atoms with Gasteiger partial charge in [0.2, 0.25) is 0 Å². The molecule has 7 nitrogen and oxygen atoms in total. The van der Waals surface area contributed by atoms with E-state index in [-0.39, 0.29) is 17.9 Å². The molecule has 0 saturated carbocycles. The van der Waals surface area contributed by atoms with Crippen LogP contribution in [0.2, 0.25) is 0 Å². The Bertz CT molecular complexity index is 1090. The van der Waals surface area contributed by atoms with E-state index in [0.717, 1.165) is 6.07 Å². The number of anilines is 1. The molecule has 152 valence electrons. The average molecular weight is 408 g/mol. The molecule has 1 aliphatic heterocycles. The van der Waals surface area contributed by atoms with Crippen molar-refractivity contribution in [3.05, 3.63) is 59.4 Å². The fraction of sp³-hybridized carbons (Fsp3) is 0.136. The van der Waals surface area contributed by atoms with Gasteiger partial charge >= 0.3 is 6.03 Å². The molecule has 2 aromatic carbocycles. The molecule has 0 spiro atoms. The van der Waals surface area contributed by atoms with Crippen molar-refractivity contribution < 1.29 is 28.2 Å². The van der Waals surface area contributed by atoms with E-state index in [1.54, 1.807) is 25.1 Å². The van der Waals surface area contributed by atoms with Gasteiger partial charge in [0.15, 0.2) is 11.5 Å². The summed E-state index contributed by atoms with van der Waals surface area (Å²) in [6.45, 7) is 2.19. The maximum atomic E-state index is 13.6. The largest absolute Gasteiger partial charge is 0.490 e. The van der Waals surface area contributed by atoms with Gasteiger partial charge in [-0.05, 0) is 48.9 Å². The number of hydrogen-bond donors (Lipinski definition) is 1. The molecule has 1 saturated heterocycles. The average Bonchev–Trinajstić information content (AvgIpc) is 2.70. The summed E-state index contributed by atoms with van der Waals surface area (Å²) < 4.78 is 24.5. The molecule has 30 heavy (non-hydrogen) atoms. The van der Waals surface area contributed by atoms with Crippen LogP contribution in [-0.4, -0.2) is 31.1 Å². The number of halogens is 1. The molecule has 1 fully saturated rings. The van der Waals surface area contributed by atoms with Crippen molar-refractivity contribution in [1.29, 1.82) is 0 Å². The molecular weight excluding hydrogens is 391 g/mol. The number of hydrogen-bond acceptors (Lipinski definition) is 5. The quantitative estimate of drug-likeness (QED) is 0.451. The molecule has 2 aromatic rings. The molecule has 0 unspecified atom stereocenters. The molecule has 1 aliphatic rings. The van der Waals surface area contributed by atoms with Crippen LogP contribution in [0.25, 0.3) is 6.08 Å². The monoisotopic (exact) mass is 408 g/mol. The third-order valence-electron chi connectivity index (χ3n) is 4.06. The smallest absolute Gasteiger partial charge is 0.335 e. The Hall–Kier alpha value is -4.12. The maximum absolute atomic E-state index is 13.6. The number of benzene rings is 2. The van der Waals surface area contributed by atoms with Gasteiger partial charge in [-0.2, -0.15) is 0 Å². The van der Waals surface area contributed by atoms with Crippen molar-refractivity contribution in [2.45, 2.75) is 6.92 Å². The van der Waals surface area contributed by atoms with Gasteiger partial charge in [-0.1, -0.05) is 18.1 Å². The van der Waals surface area contributed by atoms with Crippen LogP contribution in [0, 0.1) is 18.2 Å². The summed E-state index contributed by atoms with van der Waals surface area (Å²) in [4.78, 5) is 38.0. The zero-order valence-corrected chi connectivity index (χ0v) is 16.0. The van der Waals surface area contributed by atoms with Crippen LogP contribution in [0.1, 0.15) is 12.5 Å². The van der Waals surface area contributed by atoms with E-state index < -0.39 is 23.7 Å². The summed E-state index contributed by atoms with van der Waals surface area (Å²) in [5.41, 5.74) is 0.168. The molecule has 0 aliphatic carbocycles. The summed E-state index contributed by atoms with van der Waals surface area (Å²) in [6, 6.07) is 8.76. The number of urea groups is 1. The summed E-state index contributed by atoms with van der Waals surface area (Å²) in [5, 5.41) is 2.09. The lowest BCUT2D eigenvalue weighted by Gasteiger charge is -2.26. The fourth-order valence-electron chi connectivity index (χ4n) is 2.80. The zero-order chi connectivity index (χ0) is 21.7. The maximum Gasteiger partial charge on any atom is 0.335 e. The summed E-state index contributed by atoms with van der Waals surface area (Å²) in [6.07, 6.45) is 6.51. The first kappa shape index (κ1) is 20.6. The van der Waals surface area contributed by atoms with E-state index in [0.29, 0.717) is 28.6 Å². The number of terminal acetylenes is 1. The summed E-state index contributed by atoms with van der Waals surface area (Å²) in [7, 11) is 0. The van der Waals surface area contributed by atoms with Crippen LogP contribution in [0.4, 0.5) is 14.9 Å². The van der Waals surface area contributed by atoms with Crippen LogP contribution >= 0.6 is 0 Å². The normalized spacial score (nSPS) is 15.0. The second kappa shape index (κ2) is 8.92. The molecule has 0 aromatic heterocycles. The van der Waals surface area contributed by atoms with E-state index in [1.807, 2.05) is 0 Å². The van der Waals surface area contributed by atoms with Gasteiger partial charge in [-0.15, -0.1) is 6.42 Å². The molecule has 3 rings (SSSR count). The number of imide groups is 2. The van der Waals surface area contributed by atoms with E-state index in [4.69, 9.17) is 15.9 Å². The Kier molecular flexibility index (Phi) is 6.13. The van der Waals surface area contributed by atoms with Crippen LogP contribution in [0.15, 0.2) is 48.0 Å². The highest BCUT2D eigenvalue weighted by Gasteiger charge is 2.37. The first-order chi connectivity index (χ1) is 14.4. The third kappa shape index (κ3) is 4.31. The number of rotatable bonds is 6. The lowest BCUT2D eigenvalue weighted by atomic mass is 10.1. The summed E-state index contributed by atoms with van der Waals surface area (Å²) >= 11 is 0. The Morgan fingerprint density at radius 3 is 2.63 bits per heavy atom. The van der Waals surface area contributed by atoms with Crippen molar-refractivity contribution in [3.63, 3.8) is 0 Å². The van der Waals surface area contributed by atoms with Crippen molar-refractivity contribution in [1.82, 2.24) is 5.32 Å². The molecule has 0 atom stereocenters. The second-order valence-corrected chi connectivity index (χ2v) is 6.07. The van der Waals surface area contributed by atoms with Gasteiger partial charge in [0.1, 0.15) is 18.0 Å². The number of nitrogens with one attached hydrogen (secondary N) is 1. The predicted octanol–water partition coefficient (Wildman–Crippen LogP) is 2.90.